The maximum Gasteiger partial charge on any atom is 0.187 e. The first-order chi connectivity index (χ1) is 10.8. The van der Waals surface area contributed by atoms with Crippen LogP contribution in [0.3, 0.4) is 0 Å². The fraction of sp³-hybridized carbons (Fsp3) is 0.650. The average molecular weight is 316 g/mol. The predicted octanol–water partition coefficient (Wildman–Crippen LogP) is 4.30. The third kappa shape index (κ3) is 2.59. The molecular formula is C20H28O3. The van der Waals surface area contributed by atoms with E-state index in [4.69, 9.17) is 4.42 Å². The lowest BCUT2D eigenvalue weighted by Gasteiger charge is -2.56. The van der Waals surface area contributed by atoms with Gasteiger partial charge in [-0.25, -0.2) is 0 Å². The van der Waals surface area contributed by atoms with Crippen molar-refractivity contribution in [2.75, 3.05) is 0 Å². The maximum absolute atomic E-state index is 12.7. The van der Waals surface area contributed by atoms with E-state index in [0.29, 0.717) is 0 Å². The summed E-state index contributed by atoms with van der Waals surface area (Å²) in [5.74, 6) is -0.0519. The van der Waals surface area contributed by atoms with Crippen LogP contribution in [-0.4, -0.2) is 17.0 Å². The monoisotopic (exact) mass is 316 g/mol. The molecule has 1 saturated carbocycles. The summed E-state index contributed by atoms with van der Waals surface area (Å²) in [6.45, 7) is 8.58. The molecule has 2 aliphatic rings. The molecule has 23 heavy (non-hydrogen) atoms. The van der Waals surface area contributed by atoms with Gasteiger partial charge in [0.25, 0.3) is 0 Å². The Morgan fingerprint density at radius 1 is 1.26 bits per heavy atom. The van der Waals surface area contributed by atoms with E-state index >= 15 is 0 Å². The van der Waals surface area contributed by atoms with Crippen molar-refractivity contribution in [3.63, 3.8) is 0 Å². The summed E-state index contributed by atoms with van der Waals surface area (Å²) in [6.07, 6.45) is 7.66. The maximum atomic E-state index is 12.7. The number of furan rings is 1. The molecule has 3 atom stereocenters. The van der Waals surface area contributed by atoms with Gasteiger partial charge in [0, 0.05) is 5.92 Å². The second-order valence-corrected chi connectivity index (χ2v) is 8.28. The van der Waals surface area contributed by atoms with Gasteiger partial charge < -0.3 is 9.52 Å². The molecule has 1 heterocycles. The van der Waals surface area contributed by atoms with E-state index in [0.717, 1.165) is 37.7 Å². The van der Waals surface area contributed by atoms with Crippen molar-refractivity contribution in [2.24, 2.45) is 16.7 Å². The number of aryl methyl sites for hydroxylation is 1. The van der Waals surface area contributed by atoms with Gasteiger partial charge in [-0.2, -0.15) is 0 Å². The van der Waals surface area contributed by atoms with Gasteiger partial charge in [0.1, 0.15) is 6.10 Å². The first-order valence-electron chi connectivity index (χ1n) is 8.71. The zero-order valence-electron chi connectivity index (χ0n) is 14.7. The van der Waals surface area contributed by atoms with Crippen molar-refractivity contribution in [2.45, 2.75) is 65.9 Å². The Morgan fingerprint density at radius 3 is 2.65 bits per heavy atom. The predicted molar refractivity (Wildman–Crippen MR) is 90.0 cm³/mol. The van der Waals surface area contributed by atoms with Crippen molar-refractivity contribution in [3.05, 3.63) is 35.3 Å². The van der Waals surface area contributed by atoms with Crippen molar-refractivity contribution >= 4 is 5.78 Å². The Kier molecular flexibility index (Phi) is 4.04. The molecule has 0 amide bonds. The minimum absolute atomic E-state index is 0.0103. The number of hydrogen-bond acceptors (Lipinski definition) is 3. The molecule has 1 aromatic heterocycles. The standard InChI is InChI=1S/C20H28O3/c1-13-15(7-6-14-8-11-23-12-14)20(4)10-5-9-19(2,3)18(20)17(22)16(13)21/h8,11-12,17-18,22H,5-7,9-10H2,1-4H3/t17-,18-,20+/m0/s1. The summed E-state index contributed by atoms with van der Waals surface area (Å²) in [5, 5.41) is 10.7. The van der Waals surface area contributed by atoms with Crippen LogP contribution < -0.4 is 0 Å². The van der Waals surface area contributed by atoms with Crippen LogP contribution in [0.15, 0.2) is 34.2 Å². The summed E-state index contributed by atoms with van der Waals surface area (Å²) in [5.41, 5.74) is 3.12. The molecule has 3 heteroatoms. The quantitative estimate of drug-likeness (QED) is 0.904. The largest absolute Gasteiger partial charge is 0.472 e. The Hall–Kier alpha value is -1.35. The second kappa shape index (κ2) is 5.62. The molecule has 0 unspecified atom stereocenters. The summed E-state index contributed by atoms with van der Waals surface area (Å²) in [7, 11) is 0. The third-order valence-electron chi connectivity index (χ3n) is 6.39. The highest BCUT2D eigenvalue weighted by Crippen LogP contribution is 2.59. The lowest BCUT2D eigenvalue weighted by molar-refractivity contribution is -0.140. The number of ketones is 1. The molecule has 126 valence electrons. The van der Waals surface area contributed by atoms with Crippen LogP contribution in [0.25, 0.3) is 0 Å². The molecule has 3 rings (SSSR count). The van der Waals surface area contributed by atoms with Gasteiger partial charge >= 0.3 is 0 Å². The van der Waals surface area contributed by atoms with Gasteiger partial charge in [0.15, 0.2) is 5.78 Å². The van der Waals surface area contributed by atoms with Gasteiger partial charge in [0.2, 0.25) is 0 Å². The number of hydrogen-bond donors (Lipinski definition) is 1. The van der Waals surface area contributed by atoms with Crippen LogP contribution in [0.4, 0.5) is 0 Å². The van der Waals surface area contributed by atoms with Gasteiger partial charge in [-0.15, -0.1) is 0 Å². The molecule has 1 fully saturated rings. The highest BCUT2D eigenvalue weighted by Gasteiger charge is 2.56. The van der Waals surface area contributed by atoms with E-state index in [1.165, 1.54) is 11.1 Å². The molecule has 0 saturated heterocycles. The molecule has 0 aromatic carbocycles. The van der Waals surface area contributed by atoms with Crippen molar-refractivity contribution in [1.29, 1.82) is 0 Å². The molecule has 0 aliphatic heterocycles. The molecule has 1 aromatic rings. The van der Waals surface area contributed by atoms with Crippen LogP contribution >= 0.6 is 0 Å². The SMILES string of the molecule is CC1=C(CCc2ccoc2)[C@@]2(C)CCCC(C)(C)[C@@H]2[C@@H](O)C1=O. The van der Waals surface area contributed by atoms with E-state index in [9.17, 15) is 9.90 Å². The summed E-state index contributed by atoms with van der Waals surface area (Å²) in [4.78, 5) is 12.7. The Morgan fingerprint density at radius 2 is 2.00 bits per heavy atom. The Labute approximate surface area is 138 Å². The van der Waals surface area contributed by atoms with Crippen LogP contribution in [0.2, 0.25) is 0 Å². The number of carbonyl (C=O) groups is 1. The van der Waals surface area contributed by atoms with E-state index in [1.54, 1.807) is 12.5 Å². The van der Waals surface area contributed by atoms with E-state index in [-0.39, 0.29) is 22.5 Å². The third-order valence-corrected chi connectivity index (χ3v) is 6.39. The highest BCUT2D eigenvalue weighted by atomic mass is 16.3. The van der Waals surface area contributed by atoms with E-state index < -0.39 is 6.10 Å². The van der Waals surface area contributed by atoms with Crippen LogP contribution in [0, 0.1) is 16.7 Å². The number of Topliss-reactive ketones (excluding diaryl/α,β-unsaturated/α-hetero) is 1. The van der Waals surface area contributed by atoms with Gasteiger partial charge in [0.05, 0.1) is 12.5 Å². The summed E-state index contributed by atoms with van der Waals surface area (Å²) < 4.78 is 5.16. The van der Waals surface area contributed by atoms with Crippen LogP contribution in [0.5, 0.6) is 0 Å². The minimum Gasteiger partial charge on any atom is -0.472 e. The summed E-state index contributed by atoms with van der Waals surface area (Å²) in [6, 6.07) is 1.99. The fourth-order valence-corrected chi connectivity index (χ4v) is 5.33. The van der Waals surface area contributed by atoms with Crippen LogP contribution in [0.1, 0.15) is 58.9 Å². The first kappa shape index (κ1) is 16.5. The minimum atomic E-state index is -0.854. The molecule has 0 spiro atoms. The van der Waals surface area contributed by atoms with Crippen LogP contribution in [-0.2, 0) is 11.2 Å². The molecular weight excluding hydrogens is 288 g/mol. The van der Waals surface area contributed by atoms with E-state index in [1.807, 2.05) is 13.0 Å². The molecule has 3 nitrogen and oxygen atoms in total. The highest BCUT2D eigenvalue weighted by molar-refractivity contribution is 6.00. The van der Waals surface area contributed by atoms with Gasteiger partial charge in [-0.05, 0) is 60.6 Å². The fourth-order valence-electron chi connectivity index (χ4n) is 5.33. The zero-order chi connectivity index (χ0) is 16.8. The molecule has 2 aliphatic carbocycles. The van der Waals surface area contributed by atoms with Crippen molar-refractivity contribution in [3.8, 4) is 0 Å². The smallest absolute Gasteiger partial charge is 0.187 e. The average Bonchev–Trinajstić information content (AvgIpc) is 2.97. The number of fused-ring (bicyclic) bond motifs is 1. The first-order valence-corrected chi connectivity index (χ1v) is 8.71. The topological polar surface area (TPSA) is 50.4 Å². The van der Waals surface area contributed by atoms with Crippen molar-refractivity contribution in [1.82, 2.24) is 0 Å². The molecule has 0 bridgehead atoms. The normalized spacial score (nSPS) is 33.7. The number of aliphatic hydroxyl groups is 1. The Balaban J connectivity index is 1.99. The summed E-state index contributed by atoms with van der Waals surface area (Å²) >= 11 is 0. The van der Waals surface area contributed by atoms with Gasteiger partial charge in [-0.1, -0.05) is 32.8 Å². The van der Waals surface area contributed by atoms with Gasteiger partial charge in [-0.3, -0.25) is 4.79 Å². The number of carbonyl (C=O) groups excluding carboxylic acids is 1. The lowest BCUT2D eigenvalue weighted by Crippen LogP contribution is -2.55. The Bertz CT molecular complexity index is 623. The number of allylic oxidation sites excluding steroid dienone is 1. The molecule has 1 N–H and O–H groups in total. The number of rotatable bonds is 3. The lowest BCUT2D eigenvalue weighted by atomic mass is 9.48. The molecule has 0 radical (unpaired) electrons. The van der Waals surface area contributed by atoms with Crippen molar-refractivity contribution < 1.29 is 14.3 Å². The second-order valence-electron chi connectivity index (χ2n) is 8.28. The van der Waals surface area contributed by atoms with E-state index in [2.05, 4.69) is 20.8 Å². The zero-order valence-corrected chi connectivity index (χ0v) is 14.7. The number of aliphatic hydroxyl groups excluding tert-OH is 1.